The smallest absolute Gasteiger partial charge is 0.336 e. The van der Waals surface area contributed by atoms with Gasteiger partial charge in [-0.05, 0) is 36.4 Å². The largest absolute Gasteiger partial charge is 0.478 e. The van der Waals surface area contributed by atoms with Gasteiger partial charge in [0.25, 0.3) is 0 Å². The first kappa shape index (κ1) is 18.7. The Labute approximate surface area is 158 Å². The Morgan fingerprint density at radius 2 is 1.78 bits per heavy atom. The van der Waals surface area contributed by atoms with Gasteiger partial charge in [-0.25, -0.2) is 9.69 Å². The zero-order valence-electron chi connectivity index (χ0n) is 14.2. The Kier molecular flexibility index (Phi) is 5.27. The third kappa shape index (κ3) is 4.01. The van der Waals surface area contributed by atoms with E-state index in [-0.39, 0.29) is 17.9 Å². The molecule has 2 aromatic carbocycles. The van der Waals surface area contributed by atoms with E-state index in [4.69, 9.17) is 4.74 Å². The summed E-state index contributed by atoms with van der Waals surface area (Å²) in [5.74, 6) is -2.03. The summed E-state index contributed by atoms with van der Waals surface area (Å²) in [7, 11) is 0. The zero-order chi connectivity index (χ0) is 19.6. The van der Waals surface area contributed by atoms with Crippen molar-refractivity contribution in [2.75, 3.05) is 4.90 Å². The molecule has 8 heteroatoms. The van der Waals surface area contributed by atoms with Gasteiger partial charge in [-0.1, -0.05) is 12.1 Å². The van der Waals surface area contributed by atoms with Gasteiger partial charge in [-0.2, -0.15) is 0 Å². The fourth-order valence-electron chi connectivity index (χ4n) is 2.70. The van der Waals surface area contributed by atoms with Crippen molar-refractivity contribution >= 4 is 41.2 Å². The number of thioether (sulfide) groups is 1. The average molecular weight is 385 g/mol. The lowest BCUT2D eigenvalue weighted by molar-refractivity contribution is -0.132. The van der Waals surface area contributed by atoms with Crippen molar-refractivity contribution in [1.82, 2.24) is 0 Å². The second kappa shape index (κ2) is 7.63. The minimum atomic E-state index is -1.09. The number of aromatic carboxylic acids is 1. The van der Waals surface area contributed by atoms with Crippen LogP contribution in [0.3, 0.4) is 0 Å². The van der Waals surface area contributed by atoms with Gasteiger partial charge in [0.1, 0.15) is 5.75 Å². The molecule has 2 aromatic rings. The lowest BCUT2D eigenvalue weighted by atomic mass is 10.2. The minimum absolute atomic E-state index is 0.0247. The van der Waals surface area contributed by atoms with Gasteiger partial charge in [0.05, 0.1) is 16.5 Å². The van der Waals surface area contributed by atoms with E-state index in [0.717, 1.165) is 16.7 Å². The molecule has 1 aliphatic rings. The Hall–Kier alpha value is -3.13. The molecule has 27 heavy (non-hydrogen) atoms. The summed E-state index contributed by atoms with van der Waals surface area (Å²) in [5.41, 5.74) is 0.461. The van der Waals surface area contributed by atoms with Gasteiger partial charge in [0.15, 0.2) is 0 Å². The molecule has 0 spiro atoms. The number of carboxylic acids is 1. The summed E-state index contributed by atoms with van der Waals surface area (Å²) >= 11 is 1.07. The predicted octanol–water partition coefficient (Wildman–Crippen LogP) is 2.73. The summed E-state index contributed by atoms with van der Waals surface area (Å²) in [5, 5.41) is 8.56. The number of hydrogen-bond acceptors (Lipinski definition) is 6. The van der Waals surface area contributed by atoms with Gasteiger partial charge < -0.3 is 9.84 Å². The number of amides is 2. The predicted molar refractivity (Wildman–Crippen MR) is 97.9 cm³/mol. The molecule has 0 unspecified atom stereocenters. The maximum absolute atomic E-state index is 12.7. The highest BCUT2D eigenvalue weighted by molar-refractivity contribution is 8.00. The number of esters is 1. The molecule has 1 atom stereocenters. The van der Waals surface area contributed by atoms with Crippen LogP contribution in [0.2, 0.25) is 0 Å². The lowest BCUT2D eigenvalue weighted by Crippen LogP contribution is -2.31. The Morgan fingerprint density at radius 1 is 1.11 bits per heavy atom. The molecule has 1 aliphatic heterocycles. The van der Waals surface area contributed by atoms with E-state index >= 15 is 0 Å². The van der Waals surface area contributed by atoms with Crippen molar-refractivity contribution < 1.29 is 29.0 Å². The van der Waals surface area contributed by atoms with E-state index < -0.39 is 23.1 Å². The summed E-state index contributed by atoms with van der Waals surface area (Å²) in [6.07, 6.45) is -0.0247. The van der Waals surface area contributed by atoms with Gasteiger partial charge in [0, 0.05) is 18.2 Å². The number of carboxylic acid groups (broad SMARTS) is 1. The van der Waals surface area contributed by atoms with Crippen LogP contribution in [0, 0.1) is 0 Å². The molecule has 138 valence electrons. The molecule has 1 saturated heterocycles. The molecule has 0 aliphatic carbocycles. The van der Waals surface area contributed by atoms with Crippen molar-refractivity contribution in [2.24, 2.45) is 0 Å². The average Bonchev–Trinajstić information content (AvgIpc) is 2.89. The highest BCUT2D eigenvalue weighted by Gasteiger charge is 2.40. The maximum Gasteiger partial charge on any atom is 0.336 e. The third-order valence-electron chi connectivity index (χ3n) is 3.85. The summed E-state index contributed by atoms with van der Waals surface area (Å²) in [4.78, 5) is 48.9. The van der Waals surface area contributed by atoms with E-state index in [1.54, 1.807) is 18.2 Å². The molecule has 0 aromatic heterocycles. The molecule has 1 fully saturated rings. The molecule has 2 amide bonds. The molecular weight excluding hydrogens is 370 g/mol. The van der Waals surface area contributed by atoms with Crippen LogP contribution in [0.5, 0.6) is 5.75 Å². The normalized spacial score (nSPS) is 16.5. The number of carbonyl (C=O) groups excluding carboxylic acids is 3. The number of anilines is 1. The Balaban J connectivity index is 1.79. The maximum atomic E-state index is 12.7. The molecule has 7 nitrogen and oxygen atoms in total. The Morgan fingerprint density at radius 3 is 2.41 bits per heavy atom. The molecule has 0 bridgehead atoms. The number of hydrogen-bond donors (Lipinski definition) is 1. The summed E-state index contributed by atoms with van der Waals surface area (Å²) in [6.45, 7) is 1.28. The number of rotatable bonds is 5. The second-order valence-corrected chi connectivity index (χ2v) is 7.01. The fraction of sp³-hybridized carbons (Fsp3) is 0.158. The van der Waals surface area contributed by atoms with Crippen molar-refractivity contribution in [3.63, 3.8) is 0 Å². The Bertz CT molecular complexity index is 924. The first-order valence-corrected chi connectivity index (χ1v) is 8.89. The topological polar surface area (TPSA) is 101 Å². The summed E-state index contributed by atoms with van der Waals surface area (Å²) in [6, 6.07) is 12.4. The van der Waals surface area contributed by atoms with Crippen LogP contribution in [0.1, 0.15) is 23.7 Å². The molecule has 1 heterocycles. The van der Waals surface area contributed by atoms with E-state index in [1.165, 1.54) is 37.3 Å². The van der Waals surface area contributed by atoms with E-state index in [1.807, 2.05) is 0 Å². The van der Waals surface area contributed by atoms with Crippen molar-refractivity contribution in [1.29, 1.82) is 0 Å². The summed E-state index contributed by atoms with van der Waals surface area (Å²) < 4.78 is 4.93. The number of nitrogens with zero attached hydrogens (tertiary/aromatic N) is 1. The van der Waals surface area contributed by atoms with Crippen LogP contribution in [0.15, 0.2) is 53.4 Å². The van der Waals surface area contributed by atoms with Crippen LogP contribution in [0.4, 0.5) is 5.69 Å². The lowest BCUT2D eigenvalue weighted by Gasteiger charge is -2.15. The monoisotopic (exact) mass is 385 g/mol. The standard InChI is InChI=1S/C19H15NO6S/c1-11(21)26-13-8-6-12(7-9-13)20-17(22)10-16(18(20)23)27-15-5-3-2-4-14(15)19(24)25/h2-9,16H,10H2,1H3,(H,24,25)/t16-/m0/s1. The SMILES string of the molecule is CC(=O)Oc1ccc(N2C(=O)C[C@H](Sc3ccccc3C(=O)O)C2=O)cc1. The molecule has 1 N–H and O–H groups in total. The van der Waals surface area contributed by atoms with Crippen molar-refractivity contribution in [2.45, 2.75) is 23.5 Å². The second-order valence-electron chi connectivity index (χ2n) is 5.77. The van der Waals surface area contributed by atoms with Crippen LogP contribution in [-0.4, -0.2) is 34.1 Å². The number of benzene rings is 2. The highest BCUT2D eigenvalue weighted by Crippen LogP contribution is 2.35. The third-order valence-corrected chi connectivity index (χ3v) is 5.11. The molecule has 0 saturated carbocycles. The van der Waals surface area contributed by atoms with E-state index in [2.05, 4.69) is 0 Å². The van der Waals surface area contributed by atoms with Crippen LogP contribution in [-0.2, 0) is 14.4 Å². The van der Waals surface area contributed by atoms with E-state index in [9.17, 15) is 24.3 Å². The first-order valence-electron chi connectivity index (χ1n) is 8.01. The van der Waals surface area contributed by atoms with Gasteiger partial charge in [-0.15, -0.1) is 11.8 Å². The van der Waals surface area contributed by atoms with Crippen LogP contribution < -0.4 is 9.64 Å². The first-order chi connectivity index (χ1) is 12.9. The van der Waals surface area contributed by atoms with Crippen LogP contribution >= 0.6 is 11.8 Å². The number of carbonyl (C=O) groups is 4. The number of ether oxygens (including phenoxy) is 1. The van der Waals surface area contributed by atoms with E-state index in [0.29, 0.717) is 16.3 Å². The highest BCUT2D eigenvalue weighted by atomic mass is 32.2. The van der Waals surface area contributed by atoms with Crippen molar-refractivity contribution in [3.8, 4) is 5.75 Å². The van der Waals surface area contributed by atoms with Crippen LogP contribution in [0.25, 0.3) is 0 Å². The van der Waals surface area contributed by atoms with Gasteiger partial charge in [-0.3, -0.25) is 14.4 Å². The zero-order valence-corrected chi connectivity index (χ0v) is 15.1. The molecular formula is C19H15NO6S. The number of imide groups is 1. The quantitative estimate of drug-likeness (QED) is 0.480. The fourth-order valence-corrected chi connectivity index (χ4v) is 3.87. The van der Waals surface area contributed by atoms with Crippen molar-refractivity contribution in [3.05, 3.63) is 54.1 Å². The minimum Gasteiger partial charge on any atom is -0.478 e. The molecule has 0 radical (unpaired) electrons. The van der Waals surface area contributed by atoms with Gasteiger partial charge >= 0.3 is 11.9 Å². The van der Waals surface area contributed by atoms with Gasteiger partial charge in [0.2, 0.25) is 11.8 Å². The molecule has 3 rings (SSSR count).